The lowest BCUT2D eigenvalue weighted by Gasteiger charge is -2.40. The standard InChI is InChI=1S/C27H45ClN6O4/c1-18(2)17-34(20-14-19(15-29-16-20)24(35)33-9-12-38-13-10-33)25(36)21-22(28)31-26(27(3,4)5)32-23(21)30-8-7-11-37-6/h18-20,29H,7-17H2,1-6H3,(H,30,31,32). The van der Waals surface area contributed by atoms with Gasteiger partial charge in [0.25, 0.3) is 5.91 Å². The summed E-state index contributed by atoms with van der Waals surface area (Å²) in [5, 5.41) is 6.86. The molecule has 2 N–H and O–H groups in total. The normalized spacial score (nSPS) is 20.5. The summed E-state index contributed by atoms with van der Waals surface area (Å²) in [4.78, 5) is 40.5. The second-order valence-electron chi connectivity index (χ2n) is 11.6. The maximum absolute atomic E-state index is 14.2. The number of nitrogens with one attached hydrogen (secondary N) is 2. The highest BCUT2D eigenvalue weighted by Crippen LogP contribution is 2.30. The maximum atomic E-state index is 14.2. The first-order valence-electron chi connectivity index (χ1n) is 13.7. The van der Waals surface area contributed by atoms with Crippen LogP contribution in [0.25, 0.3) is 0 Å². The van der Waals surface area contributed by atoms with Gasteiger partial charge in [-0.15, -0.1) is 0 Å². The van der Waals surface area contributed by atoms with Gasteiger partial charge in [0.2, 0.25) is 5.91 Å². The van der Waals surface area contributed by atoms with E-state index in [-0.39, 0.29) is 45.8 Å². The van der Waals surface area contributed by atoms with E-state index in [2.05, 4.69) is 29.5 Å². The Morgan fingerprint density at radius 2 is 1.95 bits per heavy atom. The lowest BCUT2D eigenvalue weighted by atomic mass is 9.92. The summed E-state index contributed by atoms with van der Waals surface area (Å²) >= 11 is 6.72. The molecule has 0 aliphatic carbocycles. The first-order chi connectivity index (χ1) is 18.0. The topological polar surface area (TPSA) is 109 Å². The second-order valence-corrected chi connectivity index (χ2v) is 12.0. The Morgan fingerprint density at radius 3 is 2.58 bits per heavy atom. The van der Waals surface area contributed by atoms with Gasteiger partial charge in [-0.1, -0.05) is 46.2 Å². The molecule has 38 heavy (non-hydrogen) atoms. The molecule has 11 heteroatoms. The third-order valence-electron chi connectivity index (χ3n) is 6.83. The van der Waals surface area contributed by atoms with Crippen LogP contribution in [0.1, 0.15) is 63.6 Å². The van der Waals surface area contributed by atoms with Crippen molar-refractivity contribution in [3.63, 3.8) is 0 Å². The average Bonchev–Trinajstić information content (AvgIpc) is 2.88. The Bertz CT molecular complexity index is 948. The summed E-state index contributed by atoms with van der Waals surface area (Å²) in [5.74, 6) is 0.939. The van der Waals surface area contributed by atoms with E-state index in [1.165, 1.54) is 0 Å². The van der Waals surface area contributed by atoms with Crippen molar-refractivity contribution in [1.82, 2.24) is 25.1 Å². The van der Waals surface area contributed by atoms with Crippen molar-refractivity contribution in [2.45, 2.75) is 58.9 Å². The van der Waals surface area contributed by atoms with Crippen LogP contribution in [0.15, 0.2) is 0 Å². The van der Waals surface area contributed by atoms with Crippen LogP contribution in [0, 0.1) is 11.8 Å². The molecule has 2 aliphatic heterocycles. The minimum Gasteiger partial charge on any atom is -0.385 e. The van der Waals surface area contributed by atoms with Crippen LogP contribution in [-0.4, -0.2) is 104 Å². The third-order valence-corrected chi connectivity index (χ3v) is 7.10. The van der Waals surface area contributed by atoms with E-state index in [9.17, 15) is 9.59 Å². The lowest BCUT2D eigenvalue weighted by Crippen LogP contribution is -2.56. The largest absolute Gasteiger partial charge is 0.385 e. The highest BCUT2D eigenvalue weighted by atomic mass is 35.5. The molecule has 2 saturated heterocycles. The number of methoxy groups -OCH3 is 1. The Morgan fingerprint density at radius 1 is 1.24 bits per heavy atom. The molecule has 0 spiro atoms. The van der Waals surface area contributed by atoms with Crippen LogP contribution in [0.2, 0.25) is 5.15 Å². The summed E-state index contributed by atoms with van der Waals surface area (Å²) in [6.07, 6.45) is 1.35. The molecule has 2 aliphatic rings. The Hall–Kier alpha value is -2.01. The number of hydrogen-bond acceptors (Lipinski definition) is 8. The number of halogens is 1. The number of aromatic nitrogens is 2. The average molecular weight is 553 g/mol. The number of carbonyl (C=O) groups is 2. The molecular weight excluding hydrogens is 508 g/mol. The molecule has 2 atom stereocenters. The van der Waals surface area contributed by atoms with Crippen molar-refractivity contribution >= 4 is 29.2 Å². The van der Waals surface area contributed by atoms with Gasteiger partial charge in [-0.2, -0.15) is 0 Å². The van der Waals surface area contributed by atoms with Gasteiger partial charge in [0.15, 0.2) is 0 Å². The minimum absolute atomic E-state index is 0.124. The zero-order chi connectivity index (χ0) is 27.9. The number of rotatable bonds is 10. The summed E-state index contributed by atoms with van der Waals surface area (Å²) < 4.78 is 10.6. The SMILES string of the molecule is COCCCNc1nc(C(C)(C)C)nc(Cl)c1C(=O)N(CC(C)C)C1CNCC(C(=O)N2CCOCC2)C1. The molecule has 2 amide bonds. The Labute approximate surface area is 232 Å². The fourth-order valence-corrected chi connectivity index (χ4v) is 5.08. The molecule has 0 radical (unpaired) electrons. The van der Waals surface area contributed by atoms with E-state index in [1.54, 1.807) is 7.11 Å². The fourth-order valence-electron chi connectivity index (χ4n) is 4.83. The van der Waals surface area contributed by atoms with Gasteiger partial charge in [0.05, 0.1) is 19.1 Å². The molecule has 1 aromatic rings. The van der Waals surface area contributed by atoms with E-state index in [1.807, 2.05) is 30.6 Å². The van der Waals surface area contributed by atoms with Crippen LogP contribution in [0.5, 0.6) is 0 Å². The number of piperidine rings is 1. The molecule has 10 nitrogen and oxygen atoms in total. The molecule has 3 heterocycles. The molecule has 2 fully saturated rings. The van der Waals surface area contributed by atoms with Gasteiger partial charge in [-0.3, -0.25) is 9.59 Å². The molecule has 1 aromatic heterocycles. The van der Waals surface area contributed by atoms with Crippen molar-refractivity contribution in [3.8, 4) is 0 Å². The molecule has 0 bridgehead atoms. The highest BCUT2D eigenvalue weighted by molar-refractivity contribution is 6.33. The number of ether oxygens (including phenoxy) is 2. The first-order valence-corrected chi connectivity index (χ1v) is 14.1. The van der Waals surface area contributed by atoms with Gasteiger partial charge in [0.1, 0.15) is 22.4 Å². The smallest absolute Gasteiger partial charge is 0.261 e. The van der Waals surface area contributed by atoms with E-state index >= 15 is 0 Å². The van der Waals surface area contributed by atoms with Gasteiger partial charge in [-0.25, -0.2) is 9.97 Å². The van der Waals surface area contributed by atoms with Crippen molar-refractivity contribution in [3.05, 3.63) is 16.5 Å². The van der Waals surface area contributed by atoms with Crippen LogP contribution in [0.3, 0.4) is 0 Å². The molecule has 0 aromatic carbocycles. The number of anilines is 1. The zero-order valence-corrected chi connectivity index (χ0v) is 24.6. The predicted octanol–water partition coefficient (Wildman–Crippen LogP) is 2.81. The number of hydrogen-bond donors (Lipinski definition) is 2. The molecule has 0 saturated carbocycles. The Balaban J connectivity index is 1.90. The van der Waals surface area contributed by atoms with E-state index in [0.717, 1.165) is 6.42 Å². The molecule has 2 unspecified atom stereocenters. The van der Waals surface area contributed by atoms with E-state index < -0.39 is 0 Å². The third kappa shape index (κ3) is 8.00. The number of nitrogens with zero attached hydrogens (tertiary/aromatic N) is 4. The number of morpholine rings is 1. The van der Waals surface area contributed by atoms with Gasteiger partial charge >= 0.3 is 0 Å². The summed E-state index contributed by atoms with van der Waals surface area (Å²) in [5.41, 5.74) is -0.0639. The minimum atomic E-state index is -0.341. The maximum Gasteiger partial charge on any atom is 0.261 e. The number of amides is 2. The van der Waals surface area contributed by atoms with Crippen molar-refractivity contribution in [1.29, 1.82) is 0 Å². The second kappa shape index (κ2) is 13.9. The molecular formula is C27H45ClN6O4. The van der Waals surface area contributed by atoms with Crippen molar-refractivity contribution in [2.24, 2.45) is 11.8 Å². The van der Waals surface area contributed by atoms with Crippen molar-refractivity contribution < 1.29 is 19.1 Å². The van der Waals surface area contributed by atoms with Crippen molar-refractivity contribution in [2.75, 3.05) is 71.5 Å². The molecule has 3 rings (SSSR count). The molecule has 214 valence electrons. The lowest BCUT2D eigenvalue weighted by molar-refractivity contribution is -0.140. The summed E-state index contributed by atoms with van der Waals surface area (Å²) in [7, 11) is 1.66. The highest BCUT2D eigenvalue weighted by Gasteiger charge is 2.37. The van der Waals surface area contributed by atoms with Crippen LogP contribution in [0.4, 0.5) is 5.82 Å². The van der Waals surface area contributed by atoms with E-state index in [4.69, 9.17) is 26.1 Å². The predicted molar refractivity (Wildman–Crippen MR) is 149 cm³/mol. The Kier molecular flexibility index (Phi) is 11.1. The van der Waals surface area contributed by atoms with Gasteiger partial charge < -0.3 is 29.9 Å². The summed E-state index contributed by atoms with van der Waals surface area (Å²) in [6.45, 7) is 15.5. The van der Waals surface area contributed by atoms with Crippen LogP contribution < -0.4 is 10.6 Å². The van der Waals surface area contributed by atoms with Gasteiger partial charge in [0, 0.05) is 64.4 Å². The summed E-state index contributed by atoms with van der Waals surface area (Å²) in [6, 6.07) is -0.159. The van der Waals surface area contributed by atoms with E-state index in [0.29, 0.717) is 77.2 Å². The first kappa shape index (κ1) is 30.5. The quantitative estimate of drug-likeness (QED) is 0.337. The van der Waals surface area contributed by atoms with Crippen LogP contribution >= 0.6 is 11.6 Å². The van der Waals surface area contributed by atoms with Crippen LogP contribution in [-0.2, 0) is 19.7 Å². The fraction of sp³-hybridized carbons (Fsp3) is 0.778. The monoisotopic (exact) mass is 552 g/mol. The van der Waals surface area contributed by atoms with Gasteiger partial charge in [-0.05, 0) is 18.8 Å². The zero-order valence-electron chi connectivity index (χ0n) is 23.8. The number of carbonyl (C=O) groups excluding carboxylic acids is 2.